The number of nitrogens with zero attached hydrogens (tertiary/aromatic N) is 10. The van der Waals surface area contributed by atoms with Gasteiger partial charge in [-0.3, -0.25) is 0 Å². The Kier molecular flexibility index (Phi) is 4.80. The molecule has 3 aromatic heterocycles. The molecule has 0 aliphatic heterocycles. The van der Waals surface area contributed by atoms with Crippen LogP contribution >= 0.6 is 0 Å². The Morgan fingerprint density at radius 1 is 0.529 bits per heavy atom. The van der Waals surface area contributed by atoms with Gasteiger partial charge in [0.15, 0.2) is 0 Å². The summed E-state index contributed by atoms with van der Waals surface area (Å²) >= 11 is 0. The molecular formula is C24H24N10. The fourth-order valence-corrected chi connectivity index (χ4v) is 4.26. The molecule has 0 bridgehead atoms. The average Bonchev–Trinajstić information content (AvgIpc) is 3.51. The SMILES string of the molecule is Cc1ccc2c(c1)nnn2CN(Cn1nnc2cc(C)ccc21)Cn1nnc2cc(C)ccc21. The summed E-state index contributed by atoms with van der Waals surface area (Å²) in [6, 6.07) is 18.5. The largest absolute Gasteiger partial charge is 0.245 e. The van der Waals surface area contributed by atoms with Crippen LogP contribution in [0.25, 0.3) is 33.1 Å². The Balaban J connectivity index is 1.37. The maximum atomic E-state index is 4.42. The van der Waals surface area contributed by atoms with Crippen molar-refractivity contribution in [3.05, 3.63) is 71.3 Å². The molecule has 34 heavy (non-hydrogen) atoms. The van der Waals surface area contributed by atoms with E-state index in [2.05, 4.69) is 93.0 Å². The number of hydrogen-bond acceptors (Lipinski definition) is 7. The molecule has 0 unspecified atom stereocenters. The second kappa shape index (κ2) is 7.99. The Bertz CT molecular complexity index is 1450. The van der Waals surface area contributed by atoms with Gasteiger partial charge in [-0.2, -0.15) is 0 Å². The molecule has 10 nitrogen and oxygen atoms in total. The first-order chi connectivity index (χ1) is 16.5. The minimum atomic E-state index is 0.500. The van der Waals surface area contributed by atoms with E-state index in [-0.39, 0.29) is 0 Å². The first-order valence-corrected chi connectivity index (χ1v) is 11.2. The molecule has 10 heteroatoms. The van der Waals surface area contributed by atoms with Crippen LogP contribution in [0.1, 0.15) is 16.7 Å². The van der Waals surface area contributed by atoms with Crippen molar-refractivity contribution < 1.29 is 0 Å². The molecule has 0 saturated carbocycles. The highest BCUT2D eigenvalue weighted by Crippen LogP contribution is 2.18. The van der Waals surface area contributed by atoms with Gasteiger partial charge in [-0.05, 0) is 73.9 Å². The average molecular weight is 453 g/mol. The predicted molar refractivity (Wildman–Crippen MR) is 129 cm³/mol. The number of rotatable bonds is 6. The fraction of sp³-hybridized carbons (Fsp3) is 0.250. The highest BCUT2D eigenvalue weighted by molar-refractivity contribution is 5.76. The van der Waals surface area contributed by atoms with Crippen LogP contribution in [0.15, 0.2) is 54.6 Å². The highest BCUT2D eigenvalue weighted by atomic mass is 15.6. The summed E-state index contributed by atoms with van der Waals surface area (Å²) in [5.74, 6) is 0. The van der Waals surface area contributed by atoms with Crippen molar-refractivity contribution in [3.8, 4) is 0 Å². The lowest BCUT2D eigenvalue weighted by atomic mass is 10.2. The van der Waals surface area contributed by atoms with E-state index in [9.17, 15) is 0 Å². The van der Waals surface area contributed by atoms with Crippen LogP contribution < -0.4 is 0 Å². The molecule has 6 aromatic rings. The second-order valence-electron chi connectivity index (χ2n) is 8.84. The van der Waals surface area contributed by atoms with Crippen LogP contribution in [0.3, 0.4) is 0 Å². The first kappa shape index (κ1) is 20.4. The van der Waals surface area contributed by atoms with Crippen molar-refractivity contribution in [2.75, 3.05) is 0 Å². The minimum Gasteiger partial charge on any atom is -0.245 e. The quantitative estimate of drug-likeness (QED) is 0.382. The van der Waals surface area contributed by atoms with Crippen LogP contribution in [-0.4, -0.2) is 49.9 Å². The van der Waals surface area contributed by atoms with Gasteiger partial charge in [0.05, 0.1) is 36.6 Å². The normalized spacial score (nSPS) is 12.0. The highest BCUT2D eigenvalue weighted by Gasteiger charge is 2.16. The van der Waals surface area contributed by atoms with Gasteiger partial charge in [0.25, 0.3) is 0 Å². The van der Waals surface area contributed by atoms with Gasteiger partial charge in [0, 0.05) is 0 Å². The topological polar surface area (TPSA) is 95.4 Å². The fourth-order valence-electron chi connectivity index (χ4n) is 4.26. The molecule has 0 amide bonds. The lowest BCUT2D eigenvalue weighted by Gasteiger charge is -2.22. The monoisotopic (exact) mass is 452 g/mol. The van der Waals surface area contributed by atoms with Crippen LogP contribution in [0.5, 0.6) is 0 Å². The summed E-state index contributed by atoms with van der Waals surface area (Å²) in [6.07, 6.45) is 0. The van der Waals surface area contributed by atoms with E-state index in [1.807, 2.05) is 32.2 Å². The Hall–Kier alpha value is -4.18. The van der Waals surface area contributed by atoms with Crippen molar-refractivity contribution in [2.24, 2.45) is 0 Å². The van der Waals surface area contributed by atoms with Crippen molar-refractivity contribution in [2.45, 2.75) is 40.8 Å². The number of benzene rings is 3. The van der Waals surface area contributed by atoms with Gasteiger partial charge in [-0.15, -0.1) is 15.3 Å². The van der Waals surface area contributed by atoms with Gasteiger partial charge in [-0.25, -0.2) is 18.9 Å². The van der Waals surface area contributed by atoms with E-state index in [0.717, 1.165) is 49.8 Å². The van der Waals surface area contributed by atoms with E-state index >= 15 is 0 Å². The summed E-state index contributed by atoms with van der Waals surface area (Å²) in [7, 11) is 0. The van der Waals surface area contributed by atoms with Gasteiger partial charge in [0.2, 0.25) is 0 Å². The van der Waals surface area contributed by atoms with E-state index < -0.39 is 0 Å². The van der Waals surface area contributed by atoms with Crippen molar-refractivity contribution >= 4 is 33.1 Å². The number of hydrogen-bond donors (Lipinski definition) is 0. The summed E-state index contributed by atoms with van der Waals surface area (Å²) in [5, 5.41) is 26.3. The van der Waals surface area contributed by atoms with Crippen LogP contribution in [0, 0.1) is 20.8 Å². The van der Waals surface area contributed by atoms with Crippen molar-refractivity contribution in [3.63, 3.8) is 0 Å². The molecule has 170 valence electrons. The molecule has 0 N–H and O–H groups in total. The molecule has 3 aromatic carbocycles. The molecule has 0 aliphatic carbocycles. The summed E-state index contributed by atoms with van der Waals surface area (Å²) in [6.45, 7) is 7.67. The van der Waals surface area contributed by atoms with Crippen LogP contribution in [0.2, 0.25) is 0 Å². The van der Waals surface area contributed by atoms with E-state index in [0.29, 0.717) is 20.0 Å². The van der Waals surface area contributed by atoms with E-state index in [1.54, 1.807) is 0 Å². The van der Waals surface area contributed by atoms with Gasteiger partial charge >= 0.3 is 0 Å². The zero-order valence-electron chi connectivity index (χ0n) is 19.3. The van der Waals surface area contributed by atoms with Gasteiger partial charge in [0.1, 0.15) is 16.6 Å². The Labute approximate surface area is 195 Å². The van der Waals surface area contributed by atoms with Gasteiger partial charge < -0.3 is 0 Å². The van der Waals surface area contributed by atoms with E-state index in [4.69, 9.17) is 0 Å². The first-order valence-electron chi connectivity index (χ1n) is 11.2. The van der Waals surface area contributed by atoms with E-state index in [1.165, 1.54) is 0 Å². The second-order valence-corrected chi connectivity index (χ2v) is 8.84. The standard InChI is InChI=1S/C24H24N10/c1-16-4-7-22-19(10-16)25-28-32(22)13-31(14-33-23-8-5-17(2)11-20(23)26-29-33)15-34-24-9-6-18(3)12-21(24)27-30-34/h4-12H,13-15H2,1-3H3. The molecule has 0 saturated heterocycles. The maximum Gasteiger partial charge on any atom is 0.113 e. The third-order valence-electron chi connectivity index (χ3n) is 6.01. The molecule has 6 rings (SSSR count). The van der Waals surface area contributed by atoms with Crippen LogP contribution in [0.4, 0.5) is 0 Å². The molecule has 0 radical (unpaired) electrons. The molecular weight excluding hydrogens is 428 g/mol. The number of aromatic nitrogens is 9. The van der Waals surface area contributed by atoms with Crippen LogP contribution in [-0.2, 0) is 20.0 Å². The zero-order valence-corrected chi connectivity index (χ0v) is 19.3. The molecule has 0 aliphatic rings. The number of fused-ring (bicyclic) bond motifs is 3. The molecule has 3 heterocycles. The zero-order chi connectivity index (χ0) is 23.2. The third kappa shape index (κ3) is 3.67. The van der Waals surface area contributed by atoms with Crippen molar-refractivity contribution in [1.82, 2.24) is 49.9 Å². The summed E-state index contributed by atoms with van der Waals surface area (Å²) in [4.78, 5) is 2.19. The Morgan fingerprint density at radius 2 is 0.853 bits per heavy atom. The lowest BCUT2D eigenvalue weighted by Crippen LogP contribution is -2.32. The number of aryl methyl sites for hydroxylation is 3. The lowest BCUT2D eigenvalue weighted by molar-refractivity contribution is 0.110. The third-order valence-corrected chi connectivity index (χ3v) is 6.01. The van der Waals surface area contributed by atoms with Crippen molar-refractivity contribution in [1.29, 1.82) is 0 Å². The molecule has 0 spiro atoms. The molecule has 0 fully saturated rings. The summed E-state index contributed by atoms with van der Waals surface area (Å²) < 4.78 is 5.71. The minimum absolute atomic E-state index is 0.500. The van der Waals surface area contributed by atoms with Gasteiger partial charge in [-0.1, -0.05) is 33.8 Å². The smallest absolute Gasteiger partial charge is 0.113 e. The Morgan fingerprint density at radius 3 is 1.18 bits per heavy atom. The predicted octanol–water partition coefficient (Wildman–Crippen LogP) is 3.42. The summed E-state index contributed by atoms with van der Waals surface area (Å²) in [5.41, 5.74) is 9.05. The molecule has 0 atom stereocenters. The maximum absolute atomic E-state index is 4.42.